The standard InChI is InChI=1S/C23H19N3O2S/c27-21(16-11-17-7-3-1-4-8-17)24-23(29)26-25-22(28)20-14-12-19(13-15-20)18-9-5-2-6-10-18/h1-16H,(H,25,28)(H2,24,26,27,29)/b16-11+. The summed E-state index contributed by atoms with van der Waals surface area (Å²) in [6.45, 7) is 0. The van der Waals surface area contributed by atoms with Crippen molar-refractivity contribution in [2.24, 2.45) is 0 Å². The number of hydrogen-bond donors (Lipinski definition) is 3. The van der Waals surface area contributed by atoms with Gasteiger partial charge >= 0.3 is 0 Å². The summed E-state index contributed by atoms with van der Waals surface area (Å²) in [6, 6.07) is 26.5. The van der Waals surface area contributed by atoms with Crippen molar-refractivity contribution in [2.45, 2.75) is 0 Å². The first-order chi connectivity index (χ1) is 14.1. The maximum absolute atomic E-state index is 12.2. The predicted octanol–water partition coefficient (Wildman–Crippen LogP) is 3.70. The van der Waals surface area contributed by atoms with Crippen LogP contribution in [0.4, 0.5) is 0 Å². The second kappa shape index (κ2) is 9.96. The highest BCUT2D eigenvalue weighted by molar-refractivity contribution is 7.80. The van der Waals surface area contributed by atoms with Crippen LogP contribution < -0.4 is 16.2 Å². The number of hydrazine groups is 1. The Kier molecular flexibility index (Phi) is 6.86. The zero-order valence-corrected chi connectivity index (χ0v) is 16.3. The summed E-state index contributed by atoms with van der Waals surface area (Å²) in [5, 5.41) is 2.47. The third kappa shape index (κ3) is 6.12. The largest absolute Gasteiger partial charge is 0.298 e. The molecule has 5 nitrogen and oxygen atoms in total. The Labute approximate surface area is 174 Å². The monoisotopic (exact) mass is 401 g/mol. The summed E-state index contributed by atoms with van der Waals surface area (Å²) in [5.74, 6) is -0.756. The molecule has 0 bridgehead atoms. The number of thiocarbonyl (C=S) groups is 1. The Balaban J connectivity index is 1.48. The first-order valence-electron chi connectivity index (χ1n) is 8.92. The first-order valence-corrected chi connectivity index (χ1v) is 9.32. The van der Waals surface area contributed by atoms with E-state index in [-0.39, 0.29) is 11.0 Å². The molecule has 0 atom stereocenters. The van der Waals surface area contributed by atoms with Gasteiger partial charge in [0.2, 0.25) is 5.91 Å². The third-order valence-corrected chi connectivity index (χ3v) is 4.21. The van der Waals surface area contributed by atoms with Gasteiger partial charge in [0.25, 0.3) is 5.91 Å². The van der Waals surface area contributed by atoms with E-state index in [0.29, 0.717) is 5.56 Å². The molecule has 6 heteroatoms. The van der Waals surface area contributed by atoms with Crippen LogP contribution in [0.15, 0.2) is 91.0 Å². The van der Waals surface area contributed by atoms with Gasteiger partial charge in [-0.3, -0.25) is 25.8 Å². The minimum atomic E-state index is -0.396. The van der Waals surface area contributed by atoms with E-state index >= 15 is 0 Å². The molecule has 0 aromatic heterocycles. The maximum atomic E-state index is 12.2. The van der Waals surface area contributed by atoms with Crippen LogP contribution in [-0.2, 0) is 4.79 Å². The average Bonchev–Trinajstić information content (AvgIpc) is 2.77. The Morgan fingerprint density at radius 2 is 1.31 bits per heavy atom. The predicted molar refractivity (Wildman–Crippen MR) is 119 cm³/mol. The van der Waals surface area contributed by atoms with Crippen LogP contribution in [0.1, 0.15) is 15.9 Å². The van der Waals surface area contributed by atoms with E-state index in [1.807, 2.05) is 72.8 Å². The van der Waals surface area contributed by atoms with Crippen LogP contribution in [0.25, 0.3) is 17.2 Å². The summed E-state index contributed by atoms with van der Waals surface area (Å²) in [6.07, 6.45) is 3.04. The molecule has 0 fully saturated rings. The van der Waals surface area contributed by atoms with E-state index < -0.39 is 5.91 Å². The highest BCUT2D eigenvalue weighted by Gasteiger charge is 2.07. The number of carbonyl (C=O) groups is 2. The highest BCUT2D eigenvalue weighted by Crippen LogP contribution is 2.19. The minimum absolute atomic E-state index is 0.00182. The topological polar surface area (TPSA) is 70.2 Å². The van der Waals surface area contributed by atoms with Crippen molar-refractivity contribution >= 4 is 35.2 Å². The summed E-state index contributed by atoms with van der Waals surface area (Å²) in [7, 11) is 0. The van der Waals surface area contributed by atoms with Gasteiger partial charge < -0.3 is 0 Å². The van der Waals surface area contributed by atoms with Gasteiger partial charge in [-0.15, -0.1) is 0 Å². The van der Waals surface area contributed by atoms with Crippen molar-refractivity contribution in [1.82, 2.24) is 16.2 Å². The Hall–Kier alpha value is -3.77. The Bertz CT molecular complexity index is 1020. The molecule has 0 unspecified atom stereocenters. The van der Waals surface area contributed by atoms with E-state index in [1.54, 1.807) is 18.2 Å². The van der Waals surface area contributed by atoms with Crippen LogP contribution in [0.2, 0.25) is 0 Å². The molecule has 3 aromatic carbocycles. The summed E-state index contributed by atoms with van der Waals surface area (Å²) in [5.41, 5.74) is 8.45. The molecule has 0 aliphatic carbocycles. The van der Waals surface area contributed by atoms with E-state index in [9.17, 15) is 9.59 Å². The number of benzene rings is 3. The Morgan fingerprint density at radius 1 is 0.724 bits per heavy atom. The van der Waals surface area contributed by atoms with Crippen LogP contribution in [0, 0.1) is 0 Å². The number of nitrogens with one attached hydrogen (secondary N) is 3. The van der Waals surface area contributed by atoms with E-state index in [2.05, 4.69) is 16.2 Å². The summed E-state index contributed by atoms with van der Waals surface area (Å²) < 4.78 is 0. The van der Waals surface area contributed by atoms with Crippen LogP contribution in [0.3, 0.4) is 0 Å². The van der Waals surface area contributed by atoms with Crippen molar-refractivity contribution in [1.29, 1.82) is 0 Å². The van der Waals surface area contributed by atoms with E-state index in [1.165, 1.54) is 6.08 Å². The van der Waals surface area contributed by atoms with Crippen molar-refractivity contribution < 1.29 is 9.59 Å². The van der Waals surface area contributed by atoms with Crippen molar-refractivity contribution in [2.75, 3.05) is 0 Å². The van der Waals surface area contributed by atoms with Gasteiger partial charge in [-0.1, -0.05) is 72.8 Å². The van der Waals surface area contributed by atoms with Gasteiger partial charge in [0, 0.05) is 11.6 Å². The molecule has 3 N–H and O–H groups in total. The fraction of sp³-hybridized carbons (Fsp3) is 0. The average molecular weight is 401 g/mol. The fourth-order valence-electron chi connectivity index (χ4n) is 2.55. The Morgan fingerprint density at radius 3 is 1.97 bits per heavy atom. The van der Waals surface area contributed by atoms with Gasteiger partial charge in [0.05, 0.1) is 0 Å². The molecule has 0 heterocycles. The molecular weight excluding hydrogens is 382 g/mol. The second-order valence-electron chi connectivity index (χ2n) is 6.08. The minimum Gasteiger partial charge on any atom is -0.298 e. The van der Waals surface area contributed by atoms with E-state index in [0.717, 1.165) is 16.7 Å². The zero-order chi connectivity index (χ0) is 20.5. The van der Waals surface area contributed by atoms with Gasteiger partial charge in [-0.25, -0.2) is 0 Å². The zero-order valence-electron chi connectivity index (χ0n) is 15.5. The number of hydrogen-bond acceptors (Lipinski definition) is 3. The number of carbonyl (C=O) groups excluding carboxylic acids is 2. The molecule has 29 heavy (non-hydrogen) atoms. The molecular formula is C23H19N3O2S. The quantitative estimate of drug-likeness (QED) is 0.354. The molecule has 0 aliphatic rings. The molecule has 0 spiro atoms. The molecule has 3 aromatic rings. The van der Waals surface area contributed by atoms with E-state index in [4.69, 9.17) is 12.2 Å². The van der Waals surface area contributed by atoms with Crippen LogP contribution >= 0.6 is 12.2 Å². The van der Waals surface area contributed by atoms with Crippen molar-refractivity contribution in [3.8, 4) is 11.1 Å². The lowest BCUT2D eigenvalue weighted by atomic mass is 10.0. The number of amides is 2. The first kappa shape index (κ1) is 20.0. The van der Waals surface area contributed by atoms with Crippen LogP contribution in [-0.4, -0.2) is 16.9 Å². The summed E-state index contributed by atoms with van der Waals surface area (Å²) >= 11 is 5.02. The van der Waals surface area contributed by atoms with Gasteiger partial charge in [0.15, 0.2) is 5.11 Å². The van der Waals surface area contributed by atoms with Crippen molar-refractivity contribution in [3.63, 3.8) is 0 Å². The normalized spacial score (nSPS) is 10.3. The lowest BCUT2D eigenvalue weighted by molar-refractivity contribution is -0.115. The number of rotatable bonds is 4. The fourth-order valence-corrected chi connectivity index (χ4v) is 2.70. The van der Waals surface area contributed by atoms with Gasteiger partial charge in [0.1, 0.15) is 0 Å². The van der Waals surface area contributed by atoms with Crippen molar-refractivity contribution in [3.05, 3.63) is 102 Å². The molecule has 2 amide bonds. The lowest BCUT2D eigenvalue weighted by Gasteiger charge is -2.10. The summed E-state index contributed by atoms with van der Waals surface area (Å²) in [4.78, 5) is 24.1. The van der Waals surface area contributed by atoms with Gasteiger partial charge in [-0.2, -0.15) is 0 Å². The second-order valence-corrected chi connectivity index (χ2v) is 6.49. The molecule has 0 saturated heterocycles. The molecule has 3 rings (SSSR count). The SMILES string of the molecule is O=C(/C=C/c1ccccc1)NC(=S)NNC(=O)c1ccc(-c2ccccc2)cc1. The lowest BCUT2D eigenvalue weighted by Crippen LogP contribution is -2.48. The van der Waals surface area contributed by atoms with Gasteiger partial charge in [-0.05, 0) is 47.1 Å². The molecule has 0 aliphatic heterocycles. The molecule has 144 valence electrons. The molecule has 0 saturated carbocycles. The van der Waals surface area contributed by atoms with Crippen LogP contribution in [0.5, 0.6) is 0 Å². The smallest absolute Gasteiger partial charge is 0.269 e. The third-order valence-electron chi connectivity index (χ3n) is 4.01. The highest BCUT2D eigenvalue weighted by atomic mass is 32.1. The maximum Gasteiger partial charge on any atom is 0.269 e. The molecule has 0 radical (unpaired) electrons.